The number of ether oxygens (including phenoxy) is 1. The van der Waals surface area contributed by atoms with Gasteiger partial charge >= 0.3 is 0 Å². The Hall–Kier alpha value is -2.34. The average molecular weight is 290 g/mol. The first-order valence-electron chi connectivity index (χ1n) is 6.64. The lowest BCUT2D eigenvalue weighted by atomic mass is 10.2. The van der Waals surface area contributed by atoms with E-state index >= 15 is 0 Å². The van der Waals surface area contributed by atoms with Crippen LogP contribution in [0.3, 0.4) is 0 Å². The van der Waals surface area contributed by atoms with Gasteiger partial charge in [-0.25, -0.2) is 0 Å². The Morgan fingerprint density at radius 1 is 1.24 bits per heavy atom. The van der Waals surface area contributed by atoms with Crippen molar-refractivity contribution >= 4 is 22.8 Å². The second kappa shape index (κ2) is 6.90. The van der Waals surface area contributed by atoms with Crippen LogP contribution in [0.2, 0.25) is 0 Å². The van der Waals surface area contributed by atoms with Gasteiger partial charge in [-0.05, 0) is 25.1 Å². The molecule has 0 bridgehead atoms. The molecule has 0 aliphatic heterocycles. The zero-order valence-electron chi connectivity index (χ0n) is 12.1. The third-order valence-corrected chi connectivity index (χ3v) is 2.93. The summed E-state index contributed by atoms with van der Waals surface area (Å²) in [6.45, 7) is 2.72. The van der Waals surface area contributed by atoms with Crippen LogP contribution in [0, 0.1) is 6.92 Å². The van der Waals surface area contributed by atoms with Gasteiger partial charge < -0.3 is 19.8 Å². The lowest BCUT2D eigenvalue weighted by molar-refractivity contribution is -0.120. The summed E-state index contributed by atoms with van der Waals surface area (Å²) in [4.78, 5) is 23.4. The largest absolute Gasteiger partial charge is 0.451 e. The molecular formula is C15H18N2O4. The number of amides is 2. The van der Waals surface area contributed by atoms with Crippen molar-refractivity contribution in [3.8, 4) is 0 Å². The minimum Gasteiger partial charge on any atom is -0.451 e. The first-order valence-corrected chi connectivity index (χ1v) is 6.64. The van der Waals surface area contributed by atoms with Crippen LogP contribution in [0.15, 0.2) is 28.7 Å². The Bertz CT molecular complexity index is 648. The third kappa shape index (κ3) is 4.06. The molecule has 1 aromatic carbocycles. The molecule has 0 unspecified atom stereocenters. The summed E-state index contributed by atoms with van der Waals surface area (Å²) >= 11 is 0. The highest BCUT2D eigenvalue weighted by Crippen LogP contribution is 2.20. The molecule has 0 radical (unpaired) electrons. The van der Waals surface area contributed by atoms with Crippen LogP contribution in [0.1, 0.15) is 16.1 Å². The molecule has 1 heterocycles. The molecule has 1 aromatic heterocycles. The summed E-state index contributed by atoms with van der Waals surface area (Å²) in [6, 6.07) is 7.34. The normalized spacial score (nSPS) is 10.6. The van der Waals surface area contributed by atoms with Crippen LogP contribution in [0.5, 0.6) is 0 Å². The third-order valence-electron chi connectivity index (χ3n) is 2.93. The number of hydrogen-bond acceptors (Lipinski definition) is 4. The maximum atomic E-state index is 11.9. The molecular weight excluding hydrogens is 272 g/mol. The summed E-state index contributed by atoms with van der Waals surface area (Å²) in [5, 5.41) is 6.00. The van der Waals surface area contributed by atoms with Crippen molar-refractivity contribution in [3.05, 3.63) is 35.6 Å². The standard InChI is InChI=1S/C15H18N2O4/c1-10-3-4-12-11(7-10)8-13(21-12)15(19)17-9-14(18)16-5-6-20-2/h3-4,7-8H,5-6,9H2,1-2H3,(H,16,18)(H,17,19). The number of rotatable bonds is 6. The molecule has 6 nitrogen and oxygen atoms in total. The number of furan rings is 1. The highest BCUT2D eigenvalue weighted by Gasteiger charge is 2.13. The van der Waals surface area contributed by atoms with Crippen LogP contribution in [-0.4, -0.2) is 38.6 Å². The number of aryl methyl sites for hydroxylation is 1. The fraction of sp³-hybridized carbons (Fsp3) is 0.333. The van der Waals surface area contributed by atoms with Gasteiger partial charge in [0.15, 0.2) is 5.76 Å². The van der Waals surface area contributed by atoms with Crippen molar-refractivity contribution in [2.24, 2.45) is 0 Å². The Labute approximate surface area is 122 Å². The van der Waals surface area contributed by atoms with Gasteiger partial charge in [0.25, 0.3) is 5.91 Å². The van der Waals surface area contributed by atoms with E-state index < -0.39 is 5.91 Å². The highest BCUT2D eigenvalue weighted by molar-refractivity contribution is 5.97. The zero-order valence-corrected chi connectivity index (χ0v) is 12.1. The Morgan fingerprint density at radius 2 is 2.05 bits per heavy atom. The number of benzene rings is 1. The minimum absolute atomic E-state index is 0.0986. The predicted octanol–water partition coefficient (Wildman–Crippen LogP) is 1.23. The zero-order chi connectivity index (χ0) is 15.2. The van der Waals surface area contributed by atoms with Gasteiger partial charge in [-0.3, -0.25) is 9.59 Å². The lowest BCUT2D eigenvalue weighted by Gasteiger charge is -2.05. The summed E-state index contributed by atoms with van der Waals surface area (Å²) < 4.78 is 10.3. The monoisotopic (exact) mass is 290 g/mol. The number of nitrogens with one attached hydrogen (secondary N) is 2. The van der Waals surface area contributed by atoms with E-state index in [1.165, 1.54) is 0 Å². The van der Waals surface area contributed by atoms with E-state index in [4.69, 9.17) is 9.15 Å². The van der Waals surface area contributed by atoms with E-state index in [1.807, 2.05) is 25.1 Å². The molecule has 21 heavy (non-hydrogen) atoms. The smallest absolute Gasteiger partial charge is 0.287 e. The molecule has 2 amide bonds. The molecule has 0 fully saturated rings. The Kier molecular flexibility index (Phi) is 4.94. The highest BCUT2D eigenvalue weighted by atomic mass is 16.5. The molecule has 0 aliphatic rings. The SMILES string of the molecule is COCCNC(=O)CNC(=O)c1cc2cc(C)ccc2o1. The fourth-order valence-electron chi connectivity index (χ4n) is 1.88. The first-order chi connectivity index (χ1) is 10.1. The van der Waals surface area contributed by atoms with Gasteiger partial charge in [0.2, 0.25) is 5.91 Å². The molecule has 6 heteroatoms. The van der Waals surface area contributed by atoms with Crippen molar-refractivity contribution in [2.45, 2.75) is 6.92 Å². The number of hydrogen-bond donors (Lipinski definition) is 2. The summed E-state index contributed by atoms with van der Waals surface area (Å²) in [7, 11) is 1.55. The molecule has 2 rings (SSSR count). The van der Waals surface area contributed by atoms with Crippen LogP contribution < -0.4 is 10.6 Å². The van der Waals surface area contributed by atoms with Crippen LogP contribution in [0.25, 0.3) is 11.0 Å². The van der Waals surface area contributed by atoms with E-state index in [2.05, 4.69) is 10.6 Å². The van der Waals surface area contributed by atoms with Crippen molar-refractivity contribution in [1.82, 2.24) is 10.6 Å². The molecule has 2 aromatic rings. The van der Waals surface area contributed by atoms with Gasteiger partial charge in [0.05, 0.1) is 13.2 Å². The summed E-state index contributed by atoms with van der Waals surface area (Å²) in [5.41, 5.74) is 1.74. The Balaban J connectivity index is 1.91. The van der Waals surface area contributed by atoms with Gasteiger partial charge in [-0.2, -0.15) is 0 Å². The van der Waals surface area contributed by atoms with E-state index in [0.717, 1.165) is 10.9 Å². The number of carbonyl (C=O) groups is 2. The summed E-state index contributed by atoms with van der Waals surface area (Å²) in [6.07, 6.45) is 0. The van der Waals surface area contributed by atoms with Crippen molar-refractivity contribution in [2.75, 3.05) is 26.8 Å². The molecule has 0 saturated heterocycles. The average Bonchev–Trinajstić information content (AvgIpc) is 2.88. The molecule has 2 N–H and O–H groups in total. The van der Waals surface area contributed by atoms with Gasteiger partial charge in [-0.1, -0.05) is 11.6 Å². The quantitative estimate of drug-likeness (QED) is 0.784. The maximum absolute atomic E-state index is 11.9. The molecule has 112 valence electrons. The first kappa shape index (κ1) is 15.1. The van der Waals surface area contributed by atoms with Gasteiger partial charge in [0, 0.05) is 19.0 Å². The van der Waals surface area contributed by atoms with E-state index in [1.54, 1.807) is 13.2 Å². The van der Waals surface area contributed by atoms with Crippen LogP contribution in [-0.2, 0) is 9.53 Å². The summed E-state index contributed by atoms with van der Waals surface area (Å²) in [5.74, 6) is -0.488. The van der Waals surface area contributed by atoms with E-state index in [-0.39, 0.29) is 18.2 Å². The van der Waals surface area contributed by atoms with Crippen LogP contribution >= 0.6 is 0 Å². The number of methoxy groups -OCH3 is 1. The van der Waals surface area contributed by atoms with Crippen molar-refractivity contribution < 1.29 is 18.7 Å². The molecule has 0 aliphatic carbocycles. The Morgan fingerprint density at radius 3 is 2.81 bits per heavy atom. The number of carbonyl (C=O) groups excluding carboxylic acids is 2. The topological polar surface area (TPSA) is 80.6 Å². The van der Waals surface area contributed by atoms with E-state index in [9.17, 15) is 9.59 Å². The van der Waals surface area contributed by atoms with Gasteiger partial charge in [-0.15, -0.1) is 0 Å². The fourth-order valence-corrected chi connectivity index (χ4v) is 1.88. The van der Waals surface area contributed by atoms with Crippen molar-refractivity contribution in [1.29, 1.82) is 0 Å². The lowest BCUT2D eigenvalue weighted by Crippen LogP contribution is -2.38. The van der Waals surface area contributed by atoms with Crippen molar-refractivity contribution in [3.63, 3.8) is 0 Å². The predicted molar refractivity (Wildman–Crippen MR) is 78.2 cm³/mol. The molecule has 0 spiro atoms. The molecule has 0 atom stereocenters. The minimum atomic E-state index is -0.411. The second-order valence-corrected chi connectivity index (χ2v) is 4.68. The number of fused-ring (bicyclic) bond motifs is 1. The second-order valence-electron chi connectivity index (χ2n) is 4.68. The van der Waals surface area contributed by atoms with E-state index in [0.29, 0.717) is 18.7 Å². The van der Waals surface area contributed by atoms with Gasteiger partial charge in [0.1, 0.15) is 5.58 Å². The van der Waals surface area contributed by atoms with Crippen LogP contribution in [0.4, 0.5) is 0 Å². The molecule has 0 saturated carbocycles. The maximum Gasteiger partial charge on any atom is 0.287 e.